The first-order chi connectivity index (χ1) is 11.5. The molecule has 122 valence electrons. The average Bonchev–Trinajstić information content (AvgIpc) is 3.01. The van der Waals surface area contributed by atoms with Crippen molar-refractivity contribution in [2.45, 2.75) is 6.61 Å². The number of benzene rings is 1. The highest BCUT2D eigenvalue weighted by Gasteiger charge is 2.22. The zero-order chi connectivity index (χ0) is 17.3. The van der Waals surface area contributed by atoms with Gasteiger partial charge in [0.25, 0.3) is 11.2 Å². The predicted octanol–water partition coefficient (Wildman–Crippen LogP) is 2.90. The van der Waals surface area contributed by atoms with Crippen LogP contribution in [0.3, 0.4) is 0 Å². The van der Waals surface area contributed by atoms with Crippen molar-refractivity contribution < 1.29 is 14.5 Å². The van der Waals surface area contributed by atoms with Crippen LogP contribution in [0.5, 0.6) is 0 Å². The summed E-state index contributed by atoms with van der Waals surface area (Å²) in [4.78, 5) is 40.8. The lowest BCUT2D eigenvalue weighted by atomic mass is 10.2. The Hall–Kier alpha value is -2.78. The number of nitrogens with zero attached hydrogens (tertiary/aromatic N) is 2. The molecule has 3 rings (SSSR count). The molecule has 2 aromatic heterocycles. The molecule has 1 N–H and O–H groups in total. The van der Waals surface area contributed by atoms with E-state index in [0.29, 0.717) is 10.2 Å². The molecular weight excluding hydrogens is 358 g/mol. The number of carbonyl (C=O) groups excluding carboxylic acids is 1. The summed E-state index contributed by atoms with van der Waals surface area (Å²) in [5.41, 5.74) is -0.538. The third-order valence-electron chi connectivity index (χ3n) is 3.08. The number of nitrogens with one attached hydrogen (secondary N) is 1. The highest BCUT2D eigenvalue weighted by atomic mass is 35.5. The van der Waals surface area contributed by atoms with Crippen LogP contribution < -0.4 is 5.56 Å². The van der Waals surface area contributed by atoms with Gasteiger partial charge < -0.3 is 9.72 Å². The number of esters is 1. The van der Waals surface area contributed by atoms with Gasteiger partial charge in [0.05, 0.1) is 10.4 Å². The first-order valence-corrected chi connectivity index (χ1v) is 7.79. The molecule has 10 heteroatoms. The molecule has 0 bridgehead atoms. The molecule has 0 aliphatic rings. The van der Waals surface area contributed by atoms with E-state index in [9.17, 15) is 19.7 Å². The van der Waals surface area contributed by atoms with E-state index < -0.39 is 16.6 Å². The Labute approximate surface area is 142 Å². The molecule has 0 saturated heterocycles. The van der Waals surface area contributed by atoms with E-state index in [2.05, 4.69) is 9.97 Å². The van der Waals surface area contributed by atoms with Gasteiger partial charge in [-0.1, -0.05) is 11.6 Å². The van der Waals surface area contributed by atoms with Crippen molar-refractivity contribution in [3.8, 4) is 0 Å². The van der Waals surface area contributed by atoms with Gasteiger partial charge in [-0.25, -0.2) is 9.78 Å². The molecule has 0 amide bonds. The fraction of sp³-hybridized carbons (Fsp3) is 0.0714. The Morgan fingerprint density at radius 1 is 1.42 bits per heavy atom. The second-order valence-corrected chi connectivity index (χ2v) is 5.99. The van der Waals surface area contributed by atoms with E-state index >= 15 is 0 Å². The summed E-state index contributed by atoms with van der Waals surface area (Å²) in [5.74, 6) is -0.791. The minimum Gasteiger partial charge on any atom is -0.454 e. The molecule has 0 fully saturated rings. The highest BCUT2D eigenvalue weighted by Crippen LogP contribution is 2.23. The number of ether oxygens (including phenoxy) is 1. The van der Waals surface area contributed by atoms with Crippen LogP contribution in [-0.2, 0) is 11.3 Å². The van der Waals surface area contributed by atoms with Gasteiger partial charge in [-0.15, -0.1) is 11.3 Å². The van der Waals surface area contributed by atoms with Crippen LogP contribution in [0.25, 0.3) is 10.2 Å². The Kier molecular flexibility index (Phi) is 4.28. The lowest BCUT2D eigenvalue weighted by Crippen LogP contribution is -2.14. The molecule has 0 aliphatic carbocycles. The molecule has 0 aliphatic heterocycles. The summed E-state index contributed by atoms with van der Waals surface area (Å²) >= 11 is 7.01. The van der Waals surface area contributed by atoms with Crippen LogP contribution >= 0.6 is 22.9 Å². The fourth-order valence-electron chi connectivity index (χ4n) is 2.03. The number of hydrogen-bond acceptors (Lipinski definition) is 7. The molecule has 24 heavy (non-hydrogen) atoms. The van der Waals surface area contributed by atoms with E-state index in [1.165, 1.54) is 17.4 Å². The normalized spacial score (nSPS) is 10.7. The van der Waals surface area contributed by atoms with Crippen molar-refractivity contribution in [2.75, 3.05) is 0 Å². The molecule has 0 unspecified atom stereocenters. The van der Waals surface area contributed by atoms with Gasteiger partial charge in [0.15, 0.2) is 0 Å². The van der Waals surface area contributed by atoms with Crippen LogP contribution in [0, 0.1) is 10.1 Å². The van der Waals surface area contributed by atoms with Gasteiger partial charge in [0.1, 0.15) is 22.7 Å². The Balaban J connectivity index is 1.83. The number of aromatic nitrogens is 2. The van der Waals surface area contributed by atoms with E-state index in [0.717, 1.165) is 12.1 Å². The third-order valence-corrected chi connectivity index (χ3v) is 4.22. The molecule has 0 spiro atoms. The molecule has 0 saturated carbocycles. The van der Waals surface area contributed by atoms with Gasteiger partial charge in [-0.05, 0) is 23.6 Å². The zero-order valence-corrected chi connectivity index (χ0v) is 13.4. The maximum Gasteiger partial charge on any atom is 0.345 e. The summed E-state index contributed by atoms with van der Waals surface area (Å²) in [6, 6.07) is 5.25. The number of carbonyl (C=O) groups is 1. The van der Waals surface area contributed by atoms with Gasteiger partial charge in [0.2, 0.25) is 0 Å². The second kappa shape index (κ2) is 6.38. The number of nitro groups is 1. The van der Waals surface area contributed by atoms with E-state index in [1.807, 2.05) is 0 Å². The monoisotopic (exact) mass is 365 g/mol. The van der Waals surface area contributed by atoms with Crippen molar-refractivity contribution in [3.05, 3.63) is 66.5 Å². The summed E-state index contributed by atoms with van der Waals surface area (Å²) in [6.45, 7) is -0.330. The first-order valence-electron chi connectivity index (χ1n) is 6.53. The van der Waals surface area contributed by atoms with Crippen LogP contribution in [-0.4, -0.2) is 20.9 Å². The lowest BCUT2D eigenvalue weighted by molar-refractivity contribution is -0.385. The minimum absolute atomic E-state index is 0.143. The predicted molar refractivity (Wildman–Crippen MR) is 87.5 cm³/mol. The molecule has 8 nitrogen and oxygen atoms in total. The SMILES string of the molecule is O=C(OCc1nc2ccsc2c(=O)[nH]1)c1cc(Cl)ccc1[N+](=O)[O-]. The lowest BCUT2D eigenvalue weighted by Gasteiger charge is -2.05. The maximum absolute atomic E-state index is 12.1. The number of nitro benzene ring substituents is 1. The smallest absolute Gasteiger partial charge is 0.345 e. The maximum atomic E-state index is 12.1. The topological polar surface area (TPSA) is 115 Å². The Bertz CT molecular complexity index is 1010. The van der Waals surface area contributed by atoms with E-state index in [4.69, 9.17) is 16.3 Å². The Morgan fingerprint density at radius 3 is 2.96 bits per heavy atom. The standard InChI is InChI=1S/C14H8ClN3O5S/c15-7-1-2-10(18(21)22)8(5-7)14(20)23-6-11-16-9-3-4-24-12(9)13(19)17-11/h1-5H,6H2,(H,16,17,19). The van der Waals surface area contributed by atoms with Crippen molar-refractivity contribution in [2.24, 2.45) is 0 Å². The number of fused-ring (bicyclic) bond motifs is 1. The number of aromatic amines is 1. The second-order valence-electron chi connectivity index (χ2n) is 4.64. The summed E-state index contributed by atoms with van der Waals surface area (Å²) < 4.78 is 5.48. The largest absolute Gasteiger partial charge is 0.454 e. The molecule has 0 radical (unpaired) electrons. The number of hydrogen-bond donors (Lipinski definition) is 1. The average molecular weight is 366 g/mol. The minimum atomic E-state index is -0.933. The number of halogens is 1. The Morgan fingerprint density at radius 2 is 2.21 bits per heavy atom. The van der Waals surface area contributed by atoms with Crippen LogP contribution in [0.4, 0.5) is 5.69 Å². The van der Waals surface area contributed by atoms with Crippen molar-refractivity contribution in [1.29, 1.82) is 0 Å². The fourth-order valence-corrected chi connectivity index (χ4v) is 2.93. The molecule has 1 aromatic carbocycles. The van der Waals surface area contributed by atoms with Crippen LogP contribution in [0.1, 0.15) is 16.2 Å². The zero-order valence-electron chi connectivity index (χ0n) is 11.8. The van der Waals surface area contributed by atoms with E-state index in [-0.39, 0.29) is 28.6 Å². The first kappa shape index (κ1) is 16.1. The molecule has 0 atom stereocenters. The van der Waals surface area contributed by atoms with Gasteiger partial charge >= 0.3 is 5.97 Å². The van der Waals surface area contributed by atoms with E-state index in [1.54, 1.807) is 11.4 Å². The quantitative estimate of drug-likeness (QED) is 0.431. The van der Waals surface area contributed by atoms with Crippen molar-refractivity contribution >= 4 is 44.8 Å². The summed E-state index contributed by atoms with van der Waals surface area (Å²) in [5, 5.41) is 12.9. The molecule has 3 aromatic rings. The highest BCUT2D eigenvalue weighted by molar-refractivity contribution is 7.17. The third kappa shape index (κ3) is 3.12. The molecule has 2 heterocycles. The number of rotatable bonds is 4. The van der Waals surface area contributed by atoms with Crippen molar-refractivity contribution in [3.63, 3.8) is 0 Å². The van der Waals surface area contributed by atoms with Gasteiger partial charge in [-0.3, -0.25) is 14.9 Å². The van der Waals surface area contributed by atoms with Gasteiger partial charge in [0, 0.05) is 11.1 Å². The number of thiophene rings is 1. The molecular formula is C14H8ClN3O5S. The summed E-state index contributed by atoms with van der Waals surface area (Å²) in [7, 11) is 0. The van der Waals surface area contributed by atoms with Crippen LogP contribution in [0.15, 0.2) is 34.4 Å². The summed E-state index contributed by atoms with van der Waals surface area (Å²) in [6.07, 6.45) is 0. The van der Waals surface area contributed by atoms with Crippen molar-refractivity contribution in [1.82, 2.24) is 9.97 Å². The van der Waals surface area contributed by atoms with Crippen LogP contribution in [0.2, 0.25) is 5.02 Å². The van der Waals surface area contributed by atoms with Gasteiger partial charge in [-0.2, -0.15) is 0 Å². The number of H-pyrrole nitrogens is 1.